The Morgan fingerprint density at radius 3 is 2.81 bits per heavy atom. The normalized spacial score (nSPS) is 12.0. The second-order valence-corrected chi connectivity index (χ2v) is 5.63. The number of anilines is 1. The Morgan fingerprint density at radius 1 is 1.33 bits per heavy atom. The van der Waals surface area contributed by atoms with E-state index in [1.807, 2.05) is 0 Å². The number of rotatable bonds is 5. The third-order valence-electron chi connectivity index (χ3n) is 4.01. The van der Waals surface area contributed by atoms with Gasteiger partial charge in [-0.15, -0.1) is 0 Å². The number of nitrogens with zero attached hydrogens (tertiary/aromatic N) is 4. The Morgan fingerprint density at radius 2 is 2.11 bits per heavy atom. The summed E-state index contributed by atoms with van der Waals surface area (Å²) >= 11 is 0. The van der Waals surface area contributed by atoms with Gasteiger partial charge in [0.05, 0.1) is 5.52 Å². The first kappa shape index (κ1) is 17.9. The lowest BCUT2D eigenvalue weighted by molar-refractivity contribution is 0.631. The number of pyridine rings is 1. The van der Waals surface area contributed by atoms with Crippen LogP contribution in [0.2, 0.25) is 0 Å². The molecule has 0 spiro atoms. The number of halogens is 1. The van der Waals surface area contributed by atoms with Gasteiger partial charge in [0.2, 0.25) is 0 Å². The molecule has 2 aromatic heterocycles. The van der Waals surface area contributed by atoms with E-state index in [-0.39, 0.29) is 17.2 Å². The molecule has 0 aliphatic carbocycles. The van der Waals surface area contributed by atoms with Crippen molar-refractivity contribution in [3.63, 3.8) is 0 Å². The van der Waals surface area contributed by atoms with Crippen LogP contribution < -0.4 is 11.5 Å². The molecule has 0 saturated heterocycles. The molecule has 0 saturated carbocycles. The summed E-state index contributed by atoms with van der Waals surface area (Å²) in [5, 5.41) is 14.4. The summed E-state index contributed by atoms with van der Waals surface area (Å²) in [4.78, 5) is 12.1. The summed E-state index contributed by atoms with van der Waals surface area (Å²) in [6.07, 6.45) is 6.61. The molecule has 0 unspecified atom stereocenters. The van der Waals surface area contributed by atoms with Crippen molar-refractivity contribution in [3.8, 4) is 11.1 Å². The van der Waals surface area contributed by atoms with E-state index in [2.05, 4.69) is 15.0 Å². The van der Waals surface area contributed by atoms with Crippen molar-refractivity contribution in [2.45, 2.75) is 6.92 Å². The van der Waals surface area contributed by atoms with Crippen LogP contribution >= 0.6 is 0 Å². The molecular weight excluding hydrogens is 347 g/mol. The number of fused-ring (bicyclic) bond motifs is 1. The maximum atomic E-state index is 14.5. The van der Waals surface area contributed by atoms with Crippen molar-refractivity contribution < 1.29 is 4.39 Å². The molecule has 0 aliphatic heterocycles. The number of nitrogens with one attached hydrogen (secondary N) is 2. The van der Waals surface area contributed by atoms with Crippen LogP contribution in [0.3, 0.4) is 0 Å². The minimum absolute atomic E-state index is 0.0833. The molecule has 27 heavy (non-hydrogen) atoms. The molecular formula is C18H17FN8. The maximum absolute atomic E-state index is 14.5. The molecule has 1 aromatic carbocycles. The Hall–Kier alpha value is -3.88. The van der Waals surface area contributed by atoms with E-state index >= 15 is 0 Å². The summed E-state index contributed by atoms with van der Waals surface area (Å²) < 4.78 is 16.3. The number of nitrogen functional groups attached to an aromatic ring is 1. The monoisotopic (exact) mass is 364 g/mol. The van der Waals surface area contributed by atoms with E-state index in [9.17, 15) is 4.39 Å². The molecule has 0 atom stereocenters. The predicted octanol–water partition coefficient (Wildman–Crippen LogP) is 2.56. The summed E-state index contributed by atoms with van der Waals surface area (Å²) in [5.41, 5.74) is 14.0. The van der Waals surface area contributed by atoms with Gasteiger partial charge in [-0.3, -0.25) is 5.41 Å². The fourth-order valence-corrected chi connectivity index (χ4v) is 2.80. The van der Waals surface area contributed by atoms with Crippen LogP contribution in [-0.4, -0.2) is 32.9 Å². The van der Waals surface area contributed by atoms with Gasteiger partial charge in [-0.2, -0.15) is 0 Å². The van der Waals surface area contributed by atoms with Crippen LogP contribution in [0.15, 0.2) is 35.5 Å². The fourth-order valence-electron chi connectivity index (χ4n) is 2.80. The highest BCUT2D eigenvalue weighted by atomic mass is 19.1. The van der Waals surface area contributed by atoms with Gasteiger partial charge in [0.25, 0.3) is 0 Å². The van der Waals surface area contributed by atoms with E-state index in [0.29, 0.717) is 28.0 Å². The lowest BCUT2D eigenvalue weighted by Crippen LogP contribution is -2.14. The Kier molecular flexibility index (Phi) is 4.75. The highest BCUT2D eigenvalue weighted by molar-refractivity contribution is 6.11. The zero-order valence-corrected chi connectivity index (χ0v) is 14.4. The van der Waals surface area contributed by atoms with Crippen molar-refractivity contribution in [1.82, 2.24) is 14.5 Å². The standard InChI is InChI=1S/C18H17FN8/c1-10-26-16-13(17(22)25-9-21)7-11(8-14(16)27(10)6-2-4-20)12-3-5-24-18(23)15(12)19/h2-9,20H,1H3,(H2,23,24)(H3,21,22,25)/b6-2+,20-4?. The summed E-state index contributed by atoms with van der Waals surface area (Å²) in [6.45, 7) is 1.80. The molecule has 0 radical (unpaired) electrons. The van der Waals surface area contributed by atoms with Gasteiger partial charge in [0, 0.05) is 29.7 Å². The maximum Gasteiger partial charge on any atom is 0.173 e. The molecule has 0 bridgehead atoms. The molecule has 0 amide bonds. The molecule has 2 heterocycles. The van der Waals surface area contributed by atoms with E-state index in [1.54, 1.807) is 35.9 Å². The zero-order chi connectivity index (χ0) is 19.6. The highest BCUT2D eigenvalue weighted by Gasteiger charge is 2.17. The molecule has 8 nitrogen and oxygen atoms in total. The largest absolute Gasteiger partial charge is 0.383 e. The number of aliphatic imine (C=N–C) groups is 1. The van der Waals surface area contributed by atoms with Gasteiger partial charge in [-0.05, 0) is 36.8 Å². The molecule has 136 valence electrons. The van der Waals surface area contributed by atoms with E-state index in [4.69, 9.17) is 22.3 Å². The van der Waals surface area contributed by atoms with Crippen LogP contribution in [0.25, 0.3) is 28.4 Å². The van der Waals surface area contributed by atoms with E-state index in [1.165, 1.54) is 12.3 Å². The van der Waals surface area contributed by atoms with Crippen LogP contribution in [0.1, 0.15) is 11.4 Å². The van der Waals surface area contributed by atoms with Crippen molar-refractivity contribution in [2.24, 2.45) is 10.7 Å². The first-order valence-corrected chi connectivity index (χ1v) is 7.90. The van der Waals surface area contributed by atoms with Gasteiger partial charge in [-0.25, -0.2) is 19.4 Å². The molecule has 3 aromatic rings. The molecule has 3 rings (SSSR count). The Labute approximate surface area is 154 Å². The van der Waals surface area contributed by atoms with Crippen molar-refractivity contribution >= 4 is 41.4 Å². The number of hydrogen-bond donors (Lipinski definition) is 4. The number of imidazole rings is 1. The highest BCUT2D eigenvalue weighted by Crippen LogP contribution is 2.31. The van der Waals surface area contributed by atoms with Crippen LogP contribution in [0, 0.1) is 23.6 Å². The number of benzene rings is 1. The Bertz CT molecular complexity index is 1110. The van der Waals surface area contributed by atoms with Gasteiger partial charge >= 0.3 is 0 Å². The minimum Gasteiger partial charge on any atom is -0.383 e. The first-order valence-electron chi connectivity index (χ1n) is 7.90. The molecule has 9 heteroatoms. The van der Waals surface area contributed by atoms with Crippen molar-refractivity contribution in [3.05, 3.63) is 47.7 Å². The zero-order valence-electron chi connectivity index (χ0n) is 14.4. The topological polar surface area (TPSA) is 143 Å². The number of aryl methyl sites for hydroxylation is 1. The number of allylic oxidation sites excluding steroid dienone is 1. The van der Waals surface area contributed by atoms with E-state index < -0.39 is 5.82 Å². The average molecular weight is 364 g/mol. The molecule has 6 N–H and O–H groups in total. The first-order chi connectivity index (χ1) is 13.0. The van der Waals surface area contributed by atoms with Gasteiger partial charge in [0.1, 0.15) is 23.5 Å². The summed E-state index contributed by atoms with van der Waals surface area (Å²) in [7, 11) is 0. The number of nitrogens with two attached hydrogens (primary N) is 2. The second kappa shape index (κ2) is 7.16. The SMILES string of the molecule is Cc1nc2c(C(N)=NC=N)cc(-c3ccnc(N)c3F)cc2n1/C=C/C=N. The quantitative estimate of drug-likeness (QED) is 0.407. The smallest absolute Gasteiger partial charge is 0.173 e. The van der Waals surface area contributed by atoms with E-state index in [0.717, 1.165) is 12.6 Å². The van der Waals surface area contributed by atoms with Crippen molar-refractivity contribution in [2.75, 3.05) is 5.73 Å². The van der Waals surface area contributed by atoms with Crippen LogP contribution in [-0.2, 0) is 0 Å². The van der Waals surface area contributed by atoms with Gasteiger partial charge in [-0.1, -0.05) is 0 Å². The second-order valence-electron chi connectivity index (χ2n) is 5.63. The minimum atomic E-state index is -0.636. The van der Waals surface area contributed by atoms with Gasteiger partial charge < -0.3 is 21.4 Å². The predicted molar refractivity (Wildman–Crippen MR) is 106 cm³/mol. The molecule has 0 fully saturated rings. The van der Waals surface area contributed by atoms with Gasteiger partial charge in [0.15, 0.2) is 11.6 Å². The summed E-state index contributed by atoms with van der Waals surface area (Å²) in [5.74, 6) is -0.106. The van der Waals surface area contributed by atoms with Crippen LogP contribution in [0.4, 0.5) is 10.2 Å². The third-order valence-corrected chi connectivity index (χ3v) is 4.01. The Balaban J connectivity index is 2.40. The number of aromatic nitrogens is 3. The summed E-state index contributed by atoms with van der Waals surface area (Å²) in [6, 6.07) is 4.92. The fraction of sp³-hybridized carbons (Fsp3) is 0.0556. The molecule has 0 aliphatic rings. The lowest BCUT2D eigenvalue weighted by Gasteiger charge is -2.09. The van der Waals surface area contributed by atoms with Crippen LogP contribution in [0.5, 0.6) is 0 Å². The lowest BCUT2D eigenvalue weighted by atomic mass is 10.0. The average Bonchev–Trinajstić information content (AvgIpc) is 2.96. The number of hydrogen-bond acceptors (Lipinski definition) is 5. The third kappa shape index (κ3) is 3.17. The number of amidine groups is 1. The van der Waals surface area contributed by atoms with Crippen molar-refractivity contribution in [1.29, 1.82) is 10.8 Å².